The van der Waals surface area contributed by atoms with E-state index in [9.17, 15) is 21.6 Å². The first kappa shape index (κ1) is 24.8. The van der Waals surface area contributed by atoms with Crippen LogP contribution in [0.2, 0.25) is 4.34 Å². The zero-order chi connectivity index (χ0) is 24.7. The second-order valence-corrected chi connectivity index (χ2v) is 11.9. The van der Waals surface area contributed by atoms with E-state index in [2.05, 4.69) is 10.0 Å². The third-order valence-corrected chi connectivity index (χ3v) is 8.75. The Hall–Kier alpha value is -2.27. The summed E-state index contributed by atoms with van der Waals surface area (Å²) in [6.45, 7) is 4.56. The van der Waals surface area contributed by atoms with Crippen LogP contribution in [-0.2, 0) is 16.2 Å². The Labute approximate surface area is 205 Å². The van der Waals surface area contributed by atoms with E-state index < -0.39 is 33.1 Å². The van der Waals surface area contributed by atoms with Crippen molar-refractivity contribution in [3.8, 4) is 16.9 Å². The topological polar surface area (TPSA) is 67.4 Å². The summed E-state index contributed by atoms with van der Waals surface area (Å²) in [7, 11) is -4.16. The molecule has 1 atom stereocenters. The summed E-state index contributed by atoms with van der Waals surface area (Å²) in [5.41, 5.74) is 0.132. The summed E-state index contributed by atoms with van der Waals surface area (Å²) >= 11 is 7.04. The Bertz CT molecular complexity index is 1320. The molecule has 182 valence electrons. The van der Waals surface area contributed by atoms with Gasteiger partial charge in [-0.15, -0.1) is 11.3 Å². The number of hydrogen-bond donors (Lipinski definition) is 2. The average Bonchev–Trinajstić information content (AvgIpc) is 3.33. The number of aryl methyl sites for hydroxylation is 1. The Balaban J connectivity index is 1.72. The lowest BCUT2D eigenvalue weighted by Gasteiger charge is -2.27. The highest BCUT2D eigenvalue weighted by Crippen LogP contribution is 2.42. The molecule has 0 radical (unpaired) electrons. The van der Waals surface area contributed by atoms with Gasteiger partial charge in [-0.2, -0.15) is 13.2 Å². The molecule has 3 aromatic rings. The van der Waals surface area contributed by atoms with Gasteiger partial charge >= 0.3 is 6.18 Å². The fourth-order valence-corrected chi connectivity index (χ4v) is 6.79. The Morgan fingerprint density at radius 2 is 1.88 bits per heavy atom. The number of anilines is 1. The maximum atomic E-state index is 13.6. The van der Waals surface area contributed by atoms with Crippen LogP contribution in [0.4, 0.5) is 18.9 Å². The summed E-state index contributed by atoms with van der Waals surface area (Å²) in [5.74, 6) is -0.428. The lowest BCUT2D eigenvalue weighted by molar-refractivity contribution is -0.139. The lowest BCUT2D eigenvalue weighted by Crippen LogP contribution is -2.35. The predicted molar refractivity (Wildman–Crippen MR) is 128 cm³/mol. The van der Waals surface area contributed by atoms with Gasteiger partial charge in [0.15, 0.2) is 0 Å². The van der Waals surface area contributed by atoms with Crippen molar-refractivity contribution in [1.29, 1.82) is 0 Å². The Kier molecular flexibility index (Phi) is 6.63. The molecular weight excluding hydrogens is 509 g/mol. The van der Waals surface area contributed by atoms with Crippen molar-refractivity contribution in [2.75, 3.05) is 17.8 Å². The minimum absolute atomic E-state index is 0.0267. The van der Waals surface area contributed by atoms with Crippen LogP contribution in [0.1, 0.15) is 24.5 Å². The van der Waals surface area contributed by atoms with Crippen molar-refractivity contribution >= 4 is 38.6 Å². The van der Waals surface area contributed by atoms with Gasteiger partial charge < -0.3 is 10.1 Å². The maximum absolute atomic E-state index is 13.6. The van der Waals surface area contributed by atoms with Crippen LogP contribution in [0.3, 0.4) is 0 Å². The van der Waals surface area contributed by atoms with Crippen LogP contribution in [0.15, 0.2) is 52.7 Å². The highest BCUT2D eigenvalue weighted by atomic mass is 35.5. The van der Waals surface area contributed by atoms with Crippen molar-refractivity contribution in [2.45, 2.75) is 36.3 Å². The standard InChI is InChI=1S/C23H22ClF3N2O3S2/c1-14-5-3-4-6-16(14)17-12-20(24)33-21(17)34(30,31)29-15-7-8-18(23(25,26)27)19(11-15)32-22(2)9-10-28-13-22/h3-8,11-12,28-29H,9-10,13H2,1-2H3/t22-/m1/s1. The maximum Gasteiger partial charge on any atom is 0.419 e. The van der Waals surface area contributed by atoms with Crippen molar-refractivity contribution in [3.63, 3.8) is 0 Å². The molecule has 2 aromatic carbocycles. The molecule has 1 fully saturated rings. The molecular formula is C23H22ClF3N2O3S2. The first-order valence-corrected chi connectivity index (χ1v) is 13.0. The number of sulfonamides is 1. The van der Waals surface area contributed by atoms with Gasteiger partial charge in [0.05, 0.1) is 15.6 Å². The highest BCUT2D eigenvalue weighted by molar-refractivity contribution is 7.94. The molecule has 2 heterocycles. The van der Waals surface area contributed by atoms with Gasteiger partial charge in [-0.3, -0.25) is 4.72 Å². The van der Waals surface area contributed by atoms with Crippen LogP contribution in [0.25, 0.3) is 11.1 Å². The van der Waals surface area contributed by atoms with Gasteiger partial charge in [-0.25, -0.2) is 8.42 Å². The average molecular weight is 531 g/mol. The Morgan fingerprint density at radius 3 is 2.53 bits per heavy atom. The Morgan fingerprint density at radius 1 is 1.15 bits per heavy atom. The van der Waals surface area contributed by atoms with Crippen molar-refractivity contribution < 1.29 is 26.3 Å². The van der Waals surface area contributed by atoms with Gasteiger partial charge in [-0.05, 0) is 49.7 Å². The van der Waals surface area contributed by atoms with Crippen LogP contribution in [-0.4, -0.2) is 27.1 Å². The molecule has 0 saturated carbocycles. The van der Waals surface area contributed by atoms with E-state index >= 15 is 0 Å². The van der Waals surface area contributed by atoms with Crippen LogP contribution in [0.5, 0.6) is 5.75 Å². The van der Waals surface area contributed by atoms with E-state index in [-0.39, 0.29) is 14.2 Å². The molecule has 11 heteroatoms. The van der Waals surface area contributed by atoms with Gasteiger partial charge in [0.2, 0.25) is 0 Å². The molecule has 0 bridgehead atoms. The van der Waals surface area contributed by atoms with E-state index in [1.54, 1.807) is 25.1 Å². The first-order chi connectivity index (χ1) is 15.9. The number of ether oxygens (including phenoxy) is 1. The fraction of sp³-hybridized carbons (Fsp3) is 0.304. The number of hydrogen-bond acceptors (Lipinski definition) is 5. The summed E-state index contributed by atoms with van der Waals surface area (Å²) in [5, 5.41) is 3.07. The third-order valence-electron chi connectivity index (χ3n) is 5.57. The van der Waals surface area contributed by atoms with Gasteiger partial charge in [0, 0.05) is 24.6 Å². The van der Waals surface area contributed by atoms with E-state index in [1.165, 1.54) is 0 Å². The molecule has 0 unspecified atom stereocenters. The molecule has 1 aliphatic rings. The van der Waals surface area contributed by atoms with Crippen molar-refractivity contribution in [2.24, 2.45) is 0 Å². The highest BCUT2D eigenvalue weighted by Gasteiger charge is 2.38. The second-order valence-electron chi connectivity index (χ2n) is 8.36. The molecule has 1 aromatic heterocycles. The molecule has 34 heavy (non-hydrogen) atoms. The SMILES string of the molecule is Cc1ccccc1-c1cc(Cl)sc1S(=O)(=O)Nc1ccc(C(F)(F)F)c(O[C@]2(C)CCNC2)c1. The molecule has 0 amide bonds. The van der Waals surface area contributed by atoms with Crippen LogP contribution < -0.4 is 14.8 Å². The number of thiophene rings is 1. The van der Waals surface area contributed by atoms with E-state index in [0.717, 1.165) is 35.1 Å². The first-order valence-electron chi connectivity index (χ1n) is 10.4. The minimum Gasteiger partial charge on any atom is -0.485 e. The largest absolute Gasteiger partial charge is 0.485 e. The summed E-state index contributed by atoms with van der Waals surface area (Å²) < 4.78 is 75.8. The van der Waals surface area contributed by atoms with E-state index in [4.69, 9.17) is 16.3 Å². The summed E-state index contributed by atoms with van der Waals surface area (Å²) in [6.07, 6.45) is -4.14. The normalized spacial score (nSPS) is 18.8. The zero-order valence-electron chi connectivity index (χ0n) is 18.3. The molecule has 0 spiro atoms. The molecule has 0 aliphatic carbocycles. The van der Waals surface area contributed by atoms with Gasteiger partial charge in [0.1, 0.15) is 15.6 Å². The summed E-state index contributed by atoms with van der Waals surface area (Å²) in [6, 6.07) is 11.8. The number of rotatable bonds is 6. The van der Waals surface area contributed by atoms with E-state index in [1.807, 2.05) is 19.1 Å². The second kappa shape index (κ2) is 9.07. The zero-order valence-corrected chi connectivity index (χ0v) is 20.7. The van der Waals surface area contributed by atoms with E-state index in [0.29, 0.717) is 30.6 Å². The van der Waals surface area contributed by atoms with Crippen molar-refractivity contribution in [1.82, 2.24) is 5.32 Å². The molecule has 1 saturated heterocycles. The van der Waals surface area contributed by atoms with Crippen LogP contribution >= 0.6 is 22.9 Å². The van der Waals surface area contributed by atoms with Gasteiger partial charge in [-0.1, -0.05) is 35.9 Å². The number of nitrogens with one attached hydrogen (secondary N) is 2. The molecule has 1 aliphatic heterocycles. The quantitative estimate of drug-likeness (QED) is 0.391. The lowest BCUT2D eigenvalue weighted by atomic mass is 10.0. The number of benzene rings is 2. The third kappa shape index (κ3) is 5.19. The monoisotopic (exact) mass is 530 g/mol. The molecule has 5 nitrogen and oxygen atoms in total. The van der Waals surface area contributed by atoms with Crippen LogP contribution in [0, 0.1) is 6.92 Å². The molecule has 4 rings (SSSR count). The molecule has 2 N–H and O–H groups in total. The van der Waals surface area contributed by atoms with Gasteiger partial charge in [0.25, 0.3) is 10.0 Å². The smallest absolute Gasteiger partial charge is 0.419 e. The summed E-state index contributed by atoms with van der Waals surface area (Å²) in [4.78, 5) is 0. The number of alkyl halides is 3. The van der Waals surface area contributed by atoms with Crippen molar-refractivity contribution in [3.05, 3.63) is 64.0 Å². The minimum atomic E-state index is -4.66. The fourth-order valence-electron chi connectivity index (χ4n) is 3.86. The predicted octanol–water partition coefficient (Wildman–Crippen LogP) is 6.33. The number of halogens is 4.